The summed E-state index contributed by atoms with van der Waals surface area (Å²) in [5, 5.41) is 3.88. The van der Waals surface area contributed by atoms with Crippen molar-refractivity contribution in [1.82, 2.24) is 9.78 Å². The Morgan fingerprint density at radius 3 is 2.85 bits per heavy atom. The third-order valence-corrected chi connectivity index (χ3v) is 2.77. The van der Waals surface area contributed by atoms with Crippen molar-refractivity contribution >= 4 is 15.9 Å². The maximum atomic E-state index is 13.2. The molecule has 2 nitrogen and oxygen atoms in total. The molecule has 1 aliphatic carbocycles. The van der Waals surface area contributed by atoms with Gasteiger partial charge in [-0.15, -0.1) is 0 Å². The third-order valence-electron chi connectivity index (χ3n) is 2.36. The molecule has 0 bridgehead atoms. The fourth-order valence-electron chi connectivity index (χ4n) is 1.72. The topological polar surface area (TPSA) is 17.8 Å². The van der Waals surface area contributed by atoms with E-state index in [1.54, 1.807) is 6.20 Å². The molecule has 0 N–H and O–H groups in total. The molecule has 1 aromatic heterocycles. The minimum absolute atomic E-state index is 0.0187. The van der Waals surface area contributed by atoms with Crippen molar-refractivity contribution < 1.29 is 8.78 Å². The Bertz CT molecular complexity index is 311. The average Bonchev–Trinajstić information content (AvgIpc) is 2.56. The minimum atomic E-state index is -2.59. The Labute approximate surface area is 83.1 Å². The summed E-state index contributed by atoms with van der Waals surface area (Å²) in [6, 6.07) is -0.751. The Hall–Kier alpha value is -0.450. The maximum absolute atomic E-state index is 13.2. The van der Waals surface area contributed by atoms with Crippen LogP contribution in [0.5, 0.6) is 0 Å². The van der Waals surface area contributed by atoms with Gasteiger partial charge in [0, 0.05) is 12.6 Å². The van der Waals surface area contributed by atoms with E-state index in [0.717, 1.165) is 4.47 Å². The first-order valence-corrected chi connectivity index (χ1v) is 4.96. The van der Waals surface area contributed by atoms with Crippen molar-refractivity contribution in [2.45, 2.75) is 31.2 Å². The van der Waals surface area contributed by atoms with Gasteiger partial charge in [0.1, 0.15) is 6.04 Å². The van der Waals surface area contributed by atoms with Gasteiger partial charge in [-0.3, -0.25) is 4.68 Å². The number of hydrogen-bond donors (Lipinski definition) is 0. The SMILES string of the molecule is FC1(F)CCCC1n1cc(Br)cn1. The summed E-state index contributed by atoms with van der Waals surface area (Å²) in [4.78, 5) is 0. The van der Waals surface area contributed by atoms with Crippen molar-refractivity contribution in [2.24, 2.45) is 0 Å². The number of hydrogen-bond acceptors (Lipinski definition) is 1. The number of alkyl halides is 2. The van der Waals surface area contributed by atoms with E-state index in [9.17, 15) is 8.78 Å². The second kappa shape index (κ2) is 3.04. The van der Waals surface area contributed by atoms with Gasteiger partial charge in [-0.2, -0.15) is 5.10 Å². The molecule has 0 radical (unpaired) electrons. The van der Waals surface area contributed by atoms with Gasteiger partial charge in [-0.25, -0.2) is 8.78 Å². The van der Waals surface area contributed by atoms with E-state index in [0.29, 0.717) is 12.8 Å². The van der Waals surface area contributed by atoms with Crippen molar-refractivity contribution in [3.8, 4) is 0 Å². The monoisotopic (exact) mass is 250 g/mol. The normalized spacial score (nSPS) is 26.5. The van der Waals surface area contributed by atoms with Crippen LogP contribution in [0.1, 0.15) is 25.3 Å². The van der Waals surface area contributed by atoms with Crippen LogP contribution in [0.3, 0.4) is 0 Å². The highest BCUT2D eigenvalue weighted by molar-refractivity contribution is 9.10. The van der Waals surface area contributed by atoms with Crippen LogP contribution in [-0.4, -0.2) is 15.7 Å². The lowest BCUT2D eigenvalue weighted by Crippen LogP contribution is -2.25. The molecule has 0 saturated heterocycles. The van der Waals surface area contributed by atoms with E-state index in [1.165, 1.54) is 10.9 Å². The Morgan fingerprint density at radius 2 is 2.38 bits per heavy atom. The maximum Gasteiger partial charge on any atom is 0.270 e. The second-order valence-corrected chi connectivity index (χ2v) is 4.22. The molecular weight excluding hydrogens is 242 g/mol. The summed E-state index contributed by atoms with van der Waals surface area (Å²) in [6.07, 6.45) is 4.21. The van der Waals surface area contributed by atoms with Gasteiger partial charge in [0.05, 0.1) is 10.7 Å². The first-order valence-electron chi connectivity index (χ1n) is 4.17. The van der Waals surface area contributed by atoms with Gasteiger partial charge >= 0.3 is 0 Å². The molecule has 1 atom stereocenters. The van der Waals surface area contributed by atoms with Crippen molar-refractivity contribution in [3.63, 3.8) is 0 Å². The smallest absolute Gasteiger partial charge is 0.262 e. The lowest BCUT2D eigenvalue weighted by Gasteiger charge is -2.18. The first kappa shape index (κ1) is 9.12. The van der Waals surface area contributed by atoms with Crippen molar-refractivity contribution in [3.05, 3.63) is 16.9 Å². The van der Waals surface area contributed by atoms with Crippen LogP contribution < -0.4 is 0 Å². The number of rotatable bonds is 1. The molecule has 0 spiro atoms. The van der Waals surface area contributed by atoms with Gasteiger partial charge < -0.3 is 0 Å². The lowest BCUT2D eigenvalue weighted by atomic mass is 10.2. The van der Waals surface area contributed by atoms with Crippen LogP contribution in [-0.2, 0) is 0 Å². The van der Waals surface area contributed by atoms with E-state index >= 15 is 0 Å². The quantitative estimate of drug-likeness (QED) is 0.750. The highest BCUT2D eigenvalue weighted by Crippen LogP contribution is 2.43. The van der Waals surface area contributed by atoms with E-state index in [1.807, 2.05) is 0 Å². The lowest BCUT2D eigenvalue weighted by molar-refractivity contribution is -0.0343. The summed E-state index contributed by atoms with van der Waals surface area (Å²) in [7, 11) is 0. The molecule has 1 saturated carbocycles. The Morgan fingerprint density at radius 1 is 1.62 bits per heavy atom. The molecule has 72 valence electrons. The zero-order valence-corrected chi connectivity index (χ0v) is 8.47. The van der Waals surface area contributed by atoms with Gasteiger partial charge in [-0.1, -0.05) is 0 Å². The van der Waals surface area contributed by atoms with Crippen LogP contribution in [0.25, 0.3) is 0 Å². The second-order valence-electron chi connectivity index (χ2n) is 3.31. The van der Waals surface area contributed by atoms with E-state index < -0.39 is 12.0 Å². The Balaban J connectivity index is 2.26. The average molecular weight is 251 g/mol. The Kier molecular flexibility index (Phi) is 2.14. The van der Waals surface area contributed by atoms with Gasteiger partial charge in [0.2, 0.25) is 0 Å². The predicted molar refractivity (Wildman–Crippen MR) is 47.8 cm³/mol. The van der Waals surface area contributed by atoms with Crippen molar-refractivity contribution in [1.29, 1.82) is 0 Å². The number of nitrogens with zero attached hydrogens (tertiary/aromatic N) is 2. The summed E-state index contributed by atoms with van der Waals surface area (Å²) in [5.41, 5.74) is 0. The molecule has 2 rings (SSSR count). The fourth-order valence-corrected chi connectivity index (χ4v) is 2.02. The molecule has 1 unspecified atom stereocenters. The zero-order chi connectivity index (χ0) is 9.47. The van der Waals surface area contributed by atoms with Crippen molar-refractivity contribution in [2.75, 3.05) is 0 Å². The summed E-state index contributed by atoms with van der Waals surface area (Å²) in [5.74, 6) is -2.59. The van der Waals surface area contributed by atoms with E-state index in [2.05, 4.69) is 21.0 Å². The molecule has 13 heavy (non-hydrogen) atoms. The summed E-state index contributed by atoms with van der Waals surface area (Å²) < 4.78 is 28.6. The molecule has 1 fully saturated rings. The van der Waals surface area contributed by atoms with Gasteiger partial charge in [0.25, 0.3) is 5.92 Å². The fraction of sp³-hybridized carbons (Fsp3) is 0.625. The molecule has 0 aliphatic heterocycles. The number of aromatic nitrogens is 2. The molecule has 1 aliphatic rings. The van der Waals surface area contributed by atoms with Crippen LogP contribution in [0.15, 0.2) is 16.9 Å². The standard InChI is InChI=1S/C8H9BrF2N2/c9-6-4-12-13(5-6)7-2-1-3-8(7,10)11/h4-5,7H,1-3H2. The van der Waals surface area contributed by atoms with Gasteiger partial charge in [0.15, 0.2) is 0 Å². The third kappa shape index (κ3) is 1.61. The van der Waals surface area contributed by atoms with Crippen LogP contribution in [0, 0.1) is 0 Å². The van der Waals surface area contributed by atoms with E-state index in [4.69, 9.17) is 0 Å². The zero-order valence-electron chi connectivity index (χ0n) is 6.88. The minimum Gasteiger partial charge on any atom is -0.262 e. The molecule has 1 aromatic rings. The highest BCUT2D eigenvalue weighted by Gasteiger charge is 2.45. The van der Waals surface area contributed by atoms with Crippen LogP contribution >= 0.6 is 15.9 Å². The molecular formula is C8H9BrF2N2. The largest absolute Gasteiger partial charge is 0.270 e. The highest BCUT2D eigenvalue weighted by atomic mass is 79.9. The summed E-state index contributed by atoms with van der Waals surface area (Å²) >= 11 is 3.19. The van der Waals surface area contributed by atoms with Gasteiger partial charge in [-0.05, 0) is 28.8 Å². The number of halogens is 3. The molecule has 5 heteroatoms. The van der Waals surface area contributed by atoms with Crippen LogP contribution in [0.2, 0.25) is 0 Å². The molecule has 1 heterocycles. The molecule has 0 aromatic carbocycles. The predicted octanol–water partition coefficient (Wildman–Crippen LogP) is 3.01. The summed E-state index contributed by atoms with van der Waals surface area (Å²) in [6.45, 7) is 0. The molecule has 0 amide bonds. The first-order chi connectivity index (χ1) is 6.09. The van der Waals surface area contributed by atoms with Crippen LogP contribution in [0.4, 0.5) is 8.78 Å². The van der Waals surface area contributed by atoms with E-state index in [-0.39, 0.29) is 6.42 Å².